The molecule has 0 amide bonds. The second kappa shape index (κ2) is 7.54. The number of hydrogen-bond donors (Lipinski definition) is 0. The van der Waals surface area contributed by atoms with Crippen LogP contribution in [0.15, 0.2) is 72.8 Å². The van der Waals surface area contributed by atoms with Crippen molar-refractivity contribution in [2.24, 2.45) is 0 Å². The quantitative estimate of drug-likeness (QED) is 0.677. The van der Waals surface area contributed by atoms with Gasteiger partial charge in [-0.25, -0.2) is 0 Å². The highest BCUT2D eigenvalue weighted by Crippen LogP contribution is 2.20. The van der Waals surface area contributed by atoms with Gasteiger partial charge in [0.25, 0.3) is 0 Å². The Kier molecular flexibility index (Phi) is 4.80. The molecule has 0 atom stereocenters. The molecule has 0 unspecified atom stereocenters. The third kappa shape index (κ3) is 4.09. The van der Waals surface area contributed by atoms with E-state index < -0.39 is 0 Å². The molecule has 0 aromatic heterocycles. The van der Waals surface area contributed by atoms with Crippen molar-refractivity contribution in [3.63, 3.8) is 0 Å². The highest BCUT2D eigenvalue weighted by Gasteiger charge is 2.15. The van der Waals surface area contributed by atoms with E-state index in [1.54, 1.807) is 0 Å². The molecule has 0 spiro atoms. The summed E-state index contributed by atoms with van der Waals surface area (Å²) in [6, 6.07) is 28.3. The minimum Gasteiger partial charge on any atom is -0.488 e. The Morgan fingerprint density at radius 3 is 2.40 bits per heavy atom. The summed E-state index contributed by atoms with van der Waals surface area (Å²) in [5.41, 5.74) is 5.52. The van der Waals surface area contributed by atoms with Gasteiger partial charge in [-0.05, 0) is 34.7 Å². The van der Waals surface area contributed by atoms with Gasteiger partial charge in [-0.3, -0.25) is 4.90 Å². The monoisotopic (exact) mass is 328 g/mol. The average Bonchev–Trinajstić information content (AvgIpc) is 2.68. The van der Waals surface area contributed by atoms with Gasteiger partial charge < -0.3 is 4.74 Å². The fraction of sp³-hybridized carbons (Fsp3) is 0.217. The van der Waals surface area contributed by atoms with Crippen molar-refractivity contribution in [2.75, 3.05) is 6.54 Å². The summed E-state index contributed by atoms with van der Waals surface area (Å²) in [7, 11) is 0. The first-order valence-electron chi connectivity index (χ1n) is 8.83. The highest BCUT2D eigenvalue weighted by molar-refractivity contribution is 5.30. The fourth-order valence-corrected chi connectivity index (χ4v) is 3.32. The van der Waals surface area contributed by atoms with E-state index in [4.69, 9.17) is 4.74 Å². The Balaban J connectivity index is 1.33. The second-order valence-corrected chi connectivity index (χ2v) is 6.56. The normalized spacial score (nSPS) is 14.1. The summed E-state index contributed by atoms with van der Waals surface area (Å²) >= 11 is 0. The van der Waals surface area contributed by atoms with Gasteiger partial charge in [0.05, 0.1) is 0 Å². The van der Waals surface area contributed by atoms with E-state index >= 15 is 0 Å². The molecular weight excluding hydrogens is 306 g/mol. The molecule has 0 aliphatic carbocycles. The molecule has 0 fully saturated rings. The van der Waals surface area contributed by atoms with E-state index in [1.165, 1.54) is 22.3 Å². The van der Waals surface area contributed by atoms with Gasteiger partial charge in [-0.15, -0.1) is 0 Å². The van der Waals surface area contributed by atoms with E-state index in [9.17, 15) is 0 Å². The summed E-state index contributed by atoms with van der Waals surface area (Å²) in [6.07, 6.45) is 1.15. The van der Waals surface area contributed by atoms with Crippen molar-refractivity contribution in [1.29, 1.82) is 0 Å². The molecule has 0 bridgehead atoms. The number of rotatable bonds is 5. The van der Waals surface area contributed by atoms with Crippen LogP contribution in [0, 0.1) is 6.07 Å². The van der Waals surface area contributed by atoms with Crippen LogP contribution in [0.3, 0.4) is 0 Å². The Hall–Kier alpha value is -2.58. The van der Waals surface area contributed by atoms with Crippen LogP contribution in [-0.2, 0) is 26.1 Å². The van der Waals surface area contributed by atoms with E-state index in [2.05, 4.69) is 59.5 Å². The topological polar surface area (TPSA) is 12.5 Å². The van der Waals surface area contributed by atoms with Crippen molar-refractivity contribution < 1.29 is 4.74 Å². The maximum Gasteiger partial charge on any atom is 0.127 e. The Morgan fingerprint density at radius 2 is 1.60 bits per heavy atom. The molecule has 4 rings (SSSR count). The van der Waals surface area contributed by atoms with Crippen LogP contribution < -0.4 is 4.74 Å². The average molecular weight is 328 g/mol. The van der Waals surface area contributed by atoms with Crippen molar-refractivity contribution in [3.05, 3.63) is 101 Å². The summed E-state index contributed by atoms with van der Waals surface area (Å²) in [6.45, 7) is 3.76. The molecule has 2 heteroatoms. The Labute approximate surface area is 149 Å². The Morgan fingerprint density at radius 1 is 0.840 bits per heavy atom. The molecular formula is C23H22NO. The van der Waals surface area contributed by atoms with Crippen LogP contribution >= 0.6 is 0 Å². The molecule has 0 N–H and O–H groups in total. The predicted molar refractivity (Wildman–Crippen MR) is 100 cm³/mol. The molecule has 3 aromatic carbocycles. The summed E-state index contributed by atoms with van der Waals surface area (Å²) in [5.74, 6) is 0.790. The predicted octanol–water partition coefficient (Wildman–Crippen LogP) is 4.62. The molecule has 3 aromatic rings. The van der Waals surface area contributed by atoms with Gasteiger partial charge >= 0.3 is 0 Å². The third-order valence-corrected chi connectivity index (χ3v) is 4.71. The van der Waals surface area contributed by atoms with Crippen LogP contribution in [-0.4, -0.2) is 11.4 Å². The number of fused-ring (bicyclic) bond motifs is 1. The highest BCUT2D eigenvalue weighted by atomic mass is 16.5. The first-order chi connectivity index (χ1) is 12.4. The molecule has 0 saturated heterocycles. The van der Waals surface area contributed by atoms with Crippen LogP contribution in [0.1, 0.15) is 22.3 Å². The lowest BCUT2D eigenvalue weighted by Gasteiger charge is -2.28. The zero-order valence-corrected chi connectivity index (χ0v) is 14.3. The van der Waals surface area contributed by atoms with Gasteiger partial charge in [-0.1, -0.05) is 66.7 Å². The lowest BCUT2D eigenvalue weighted by molar-refractivity contribution is 0.245. The minimum atomic E-state index is 0.581. The molecule has 125 valence electrons. The number of benzene rings is 3. The summed E-state index contributed by atoms with van der Waals surface area (Å²) in [4.78, 5) is 2.52. The second-order valence-electron chi connectivity index (χ2n) is 6.56. The van der Waals surface area contributed by atoms with Crippen molar-refractivity contribution in [2.45, 2.75) is 26.1 Å². The van der Waals surface area contributed by atoms with E-state index in [1.807, 2.05) is 24.3 Å². The Bertz CT molecular complexity index is 811. The maximum atomic E-state index is 5.75. The van der Waals surface area contributed by atoms with Gasteiger partial charge in [0, 0.05) is 25.7 Å². The zero-order valence-electron chi connectivity index (χ0n) is 14.3. The van der Waals surface area contributed by atoms with Crippen LogP contribution in [0.25, 0.3) is 0 Å². The van der Waals surface area contributed by atoms with E-state index in [0.29, 0.717) is 6.61 Å². The molecule has 1 aliphatic heterocycles. The van der Waals surface area contributed by atoms with Gasteiger partial charge in [0.1, 0.15) is 12.4 Å². The lowest BCUT2D eigenvalue weighted by atomic mass is 9.99. The molecule has 1 radical (unpaired) electrons. The number of hydrogen-bond acceptors (Lipinski definition) is 2. The summed E-state index contributed by atoms with van der Waals surface area (Å²) < 4.78 is 5.75. The van der Waals surface area contributed by atoms with Gasteiger partial charge in [0.15, 0.2) is 0 Å². The number of para-hydroxylation sites is 1. The van der Waals surface area contributed by atoms with Crippen LogP contribution in [0.2, 0.25) is 0 Å². The van der Waals surface area contributed by atoms with Crippen LogP contribution in [0.4, 0.5) is 0 Å². The van der Waals surface area contributed by atoms with Crippen molar-refractivity contribution >= 4 is 0 Å². The first kappa shape index (κ1) is 15.9. The smallest absolute Gasteiger partial charge is 0.127 e. The molecule has 25 heavy (non-hydrogen) atoms. The fourth-order valence-electron chi connectivity index (χ4n) is 3.32. The number of nitrogens with zero attached hydrogens (tertiary/aromatic N) is 1. The SMILES string of the molecule is [c]1ccccc1OCc1ccc(CN2CCc3ccccc3C2)cc1. The van der Waals surface area contributed by atoms with E-state index in [0.717, 1.165) is 31.8 Å². The van der Waals surface area contributed by atoms with Crippen molar-refractivity contribution in [3.8, 4) is 5.75 Å². The zero-order chi connectivity index (χ0) is 16.9. The number of ether oxygens (including phenoxy) is 1. The summed E-state index contributed by atoms with van der Waals surface area (Å²) in [5, 5.41) is 0. The maximum absolute atomic E-state index is 5.75. The standard InChI is InChI=1S/C23H22NO/c1-2-8-23(9-3-1)25-18-20-12-10-19(11-13-20)16-24-15-14-21-6-4-5-7-22(21)17-24/h1-8,10-13H,14-18H2. The molecule has 2 nitrogen and oxygen atoms in total. The third-order valence-electron chi connectivity index (χ3n) is 4.71. The molecule has 1 heterocycles. The first-order valence-corrected chi connectivity index (χ1v) is 8.83. The molecule has 1 aliphatic rings. The largest absolute Gasteiger partial charge is 0.488 e. The van der Waals surface area contributed by atoms with Gasteiger partial charge in [0.2, 0.25) is 0 Å². The molecule has 0 saturated carbocycles. The lowest BCUT2D eigenvalue weighted by Crippen LogP contribution is -2.29. The van der Waals surface area contributed by atoms with Crippen LogP contribution in [0.5, 0.6) is 5.75 Å². The van der Waals surface area contributed by atoms with Crippen molar-refractivity contribution in [1.82, 2.24) is 4.90 Å². The minimum absolute atomic E-state index is 0.581. The van der Waals surface area contributed by atoms with E-state index in [-0.39, 0.29) is 0 Å². The van der Waals surface area contributed by atoms with Gasteiger partial charge in [-0.2, -0.15) is 0 Å².